The van der Waals surface area contributed by atoms with Crippen LogP contribution >= 0.6 is 11.6 Å². The molecule has 29 heavy (non-hydrogen) atoms. The van der Waals surface area contributed by atoms with Gasteiger partial charge in [-0.1, -0.05) is 25.4 Å². The summed E-state index contributed by atoms with van der Waals surface area (Å²) in [6, 6.07) is 4.44. The number of sulfonamides is 1. The molecule has 1 fully saturated rings. The number of methoxy groups -OCH3 is 1. The minimum Gasteiger partial charge on any atom is -0.495 e. The third-order valence-corrected chi connectivity index (χ3v) is 7.26. The smallest absolute Gasteiger partial charge is 0.243 e. The molecule has 0 aliphatic carbocycles. The van der Waals surface area contributed by atoms with Gasteiger partial charge in [0.05, 0.1) is 17.0 Å². The normalized spacial score (nSPS) is 16.8. The molecule has 0 spiro atoms. The van der Waals surface area contributed by atoms with Crippen molar-refractivity contribution in [1.29, 1.82) is 0 Å². The van der Waals surface area contributed by atoms with Gasteiger partial charge in [0.15, 0.2) is 0 Å². The Kier molecular flexibility index (Phi) is 7.95. The van der Waals surface area contributed by atoms with Crippen molar-refractivity contribution in [1.82, 2.24) is 14.5 Å². The lowest BCUT2D eigenvalue weighted by molar-refractivity contribution is -0.126. The van der Waals surface area contributed by atoms with Gasteiger partial charge in [0.25, 0.3) is 0 Å². The number of hydrogen-bond donors (Lipinski definition) is 1. The van der Waals surface area contributed by atoms with Gasteiger partial charge in [0.1, 0.15) is 5.75 Å². The second kappa shape index (κ2) is 9.64. The zero-order valence-electron chi connectivity index (χ0n) is 17.9. The van der Waals surface area contributed by atoms with E-state index in [1.807, 2.05) is 14.1 Å². The van der Waals surface area contributed by atoms with Crippen LogP contribution in [0.2, 0.25) is 5.02 Å². The van der Waals surface area contributed by atoms with Crippen LogP contribution in [0.3, 0.4) is 0 Å². The van der Waals surface area contributed by atoms with Crippen LogP contribution in [0.15, 0.2) is 23.1 Å². The maximum Gasteiger partial charge on any atom is 0.243 e. The fourth-order valence-corrected chi connectivity index (χ4v) is 5.52. The molecule has 1 amide bonds. The summed E-state index contributed by atoms with van der Waals surface area (Å²) < 4.78 is 32.3. The summed E-state index contributed by atoms with van der Waals surface area (Å²) in [7, 11) is 1.85. The van der Waals surface area contributed by atoms with Crippen molar-refractivity contribution < 1.29 is 17.9 Å². The highest BCUT2D eigenvalue weighted by molar-refractivity contribution is 7.89. The molecule has 1 aromatic rings. The summed E-state index contributed by atoms with van der Waals surface area (Å²) in [5.41, 5.74) is -0.0309. The molecule has 0 radical (unpaired) electrons. The molecule has 0 bridgehead atoms. The third-order valence-electron chi connectivity index (χ3n) is 5.07. The largest absolute Gasteiger partial charge is 0.495 e. The number of nitrogens with one attached hydrogen (secondary N) is 1. The molecular formula is C20H32ClN3O4S. The van der Waals surface area contributed by atoms with E-state index in [-0.39, 0.29) is 27.2 Å². The molecular weight excluding hydrogens is 414 g/mol. The van der Waals surface area contributed by atoms with Gasteiger partial charge in [0, 0.05) is 32.1 Å². The average molecular weight is 446 g/mol. The standard InChI is InChI=1S/C20H32ClN3O4S/c1-20(2,14-23(3)4)13-22-19(25)15-8-10-24(11-9-15)29(26,27)16-6-7-18(28-5)17(21)12-16/h6-7,12,15H,8-11,13-14H2,1-5H3,(H,22,25). The monoisotopic (exact) mass is 445 g/mol. The molecule has 0 aromatic heterocycles. The van der Waals surface area contributed by atoms with E-state index < -0.39 is 10.0 Å². The van der Waals surface area contributed by atoms with Crippen LogP contribution in [0.1, 0.15) is 26.7 Å². The Labute approximate surface area is 179 Å². The van der Waals surface area contributed by atoms with Gasteiger partial charge in [0.2, 0.25) is 15.9 Å². The van der Waals surface area contributed by atoms with Gasteiger partial charge in [-0.25, -0.2) is 8.42 Å². The lowest BCUT2D eigenvalue weighted by Crippen LogP contribution is -2.45. The van der Waals surface area contributed by atoms with E-state index in [1.165, 1.54) is 23.5 Å². The summed E-state index contributed by atoms with van der Waals surface area (Å²) in [6.07, 6.45) is 1.01. The molecule has 1 heterocycles. The summed E-state index contributed by atoms with van der Waals surface area (Å²) in [5, 5.41) is 3.29. The predicted octanol–water partition coefficient (Wildman–Crippen LogP) is 2.45. The molecule has 1 aliphatic heterocycles. The Bertz CT molecular complexity index is 819. The first-order valence-corrected chi connectivity index (χ1v) is 11.5. The number of nitrogens with zero attached hydrogens (tertiary/aromatic N) is 2. The highest BCUT2D eigenvalue weighted by Gasteiger charge is 2.33. The van der Waals surface area contributed by atoms with Crippen molar-refractivity contribution in [2.45, 2.75) is 31.6 Å². The lowest BCUT2D eigenvalue weighted by atomic mass is 9.91. The van der Waals surface area contributed by atoms with Crippen molar-refractivity contribution in [2.75, 3.05) is 47.4 Å². The van der Waals surface area contributed by atoms with Crippen molar-refractivity contribution in [3.63, 3.8) is 0 Å². The van der Waals surface area contributed by atoms with Crippen LogP contribution in [0.4, 0.5) is 0 Å². The maximum atomic E-state index is 12.9. The second-order valence-corrected chi connectivity index (χ2v) is 10.9. The molecule has 0 atom stereocenters. The van der Waals surface area contributed by atoms with Crippen LogP contribution in [-0.2, 0) is 14.8 Å². The molecule has 164 valence electrons. The molecule has 0 unspecified atom stereocenters. The summed E-state index contributed by atoms with van der Waals surface area (Å²) in [6.45, 7) is 6.31. The first-order valence-electron chi connectivity index (χ1n) is 9.72. The fraction of sp³-hybridized carbons (Fsp3) is 0.650. The molecule has 9 heteroatoms. The van der Waals surface area contributed by atoms with E-state index in [0.717, 1.165) is 6.54 Å². The number of piperidine rings is 1. The zero-order valence-corrected chi connectivity index (χ0v) is 19.4. The van der Waals surface area contributed by atoms with Gasteiger partial charge in [-0.05, 0) is 50.6 Å². The van der Waals surface area contributed by atoms with Crippen LogP contribution in [-0.4, -0.2) is 70.9 Å². The Balaban J connectivity index is 1.94. The van der Waals surface area contributed by atoms with Crippen LogP contribution in [0.25, 0.3) is 0 Å². The van der Waals surface area contributed by atoms with E-state index in [4.69, 9.17) is 16.3 Å². The van der Waals surface area contributed by atoms with E-state index >= 15 is 0 Å². The zero-order chi connectivity index (χ0) is 21.8. The van der Waals surface area contributed by atoms with Gasteiger partial charge in [-0.3, -0.25) is 4.79 Å². The Morgan fingerprint density at radius 2 is 1.93 bits per heavy atom. The maximum absolute atomic E-state index is 12.9. The molecule has 1 saturated heterocycles. The molecule has 1 N–H and O–H groups in total. The summed E-state index contributed by atoms with van der Waals surface area (Å²) in [5.74, 6) is 0.260. The number of halogens is 1. The van der Waals surface area contributed by atoms with E-state index in [1.54, 1.807) is 6.07 Å². The Morgan fingerprint density at radius 3 is 2.45 bits per heavy atom. The highest BCUT2D eigenvalue weighted by Crippen LogP contribution is 2.30. The van der Waals surface area contributed by atoms with Crippen molar-refractivity contribution in [3.8, 4) is 5.75 Å². The minimum atomic E-state index is -3.65. The first-order chi connectivity index (χ1) is 13.5. The number of amides is 1. The van der Waals surface area contributed by atoms with E-state index in [2.05, 4.69) is 24.1 Å². The van der Waals surface area contributed by atoms with Gasteiger partial charge in [-0.2, -0.15) is 4.31 Å². The minimum absolute atomic E-state index is 0.00127. The number of carbonyl (C=O) groups is 1. The predicted molar refractivity (Wildman–Crippen MR) is 115 cm³/mol. The Morgan fingerprint density at radius 1 is 1.31 bits per heavy atom. The number of rotatable bonds is 8. The lowest BCUT2D eigenvalue weighted by Gasteiger charge is -2.32. The third kappa shape index (κ3) is 6.31. The number of carbonyl (C=O) groups excluding carboxylic acids is 1. The van der Waals surface area contributed by atoms with Crippen molar-refractivity contribution in [3.05, 3.63) is 23.2 Å². The SMILES string of the molecule is COc1ccc(S(=O)(=O)N2CCC(C(=O)NCC(C)(C)CN(C)C)CC2)cc1Cl. The number of ether oxygens (including phenoxy) is 1. The van der Waals surface area contributed by atoms with Crippen molar-refractivity contribution >= 4 is 27.5 Å². The number of hydrogen-bond acceptors (Lipinski definition) is 5. The Hall–Kier alpha value is -1.35. The first kappa shape index (κ1) is 23.9. The van der Waals surface area contributed by atoms with Gasteiger partial charge in [-0.15, -0.1) is 0 Å². The molecule has 1 aliphatic rings. The molecule has 7 nitrogen and oxygen atoms in total. The van der Waals surface area contributed by atoms with Crippen molar-refractivity contribution in [2.24, 2.45) is 11.3 Å². The van der Waals surface area contributed by atoms with E-state index in [9.17, 15) is 13.2 Å². The average Bonchev–Trinajstić information content (AvgIpc) is 2.65. The highest BCUT2D eigenvalue weighted by atomic mass is 35.5. The van der Waals surface area contributed by atoms with Gasteiger partial charge >= 0.3 is 0 Å². The topological polar surface area (TPSA) is 79.0 Å². The van der Waals surface area contributed by atoms with E-state index in [0.29, 0.717) is 38.2 Å². The van der Waals surface area contributed by atoms with Crippen LogP contribution in [0, 0.1) is 11.3 Å². The molecule has 0 saturated carbocycles. The molecule has 1 aromatic carbocycles. The van der Waals surface area contributed by atoms with Crippen LogP contribution < -0.4 is 10.1 Å². The van der Waals surface area contributed by atoms with Crippen LogP contribution in [0.5, 0.6) is 5.75 Å². The summed E-state index contributed by atoms with van der Waals surface area (Å²) in [4.78, 5) is 14.8. The number of benzene rings is 1. The summed E-state index contributed by atoms with van der Waals surface area (Å²) >= 11 is 6.08. The second-order valence-electron chi connectivity index (χ2n) is 8.59. The fourth-order valence-electron chi connectivity index (χ4n) is 3.70. The molecule has 2 rings (SSSR count). The van der Waals surface area contributed by atoms with Gasteiger partial charge < -0.3 is 15.0 Å². The quantitative estimate of drug-likeness (QED) is 0.664.